The second-order valence-electron chi connectivity index (χ2n) is 6.67. The third-order valence-corrected chi connectivity index (χ3v) is 4.30. The van der Waals surface area contributed by atoms with Crippen LogP contribution in [0.2, 0.25) is 0 Å². The van der Waals surface area contributed by atoms with Gasteiger partial charge in [0.15, 0.2) is 0 Å². The summed E-state index contributed by atoms with van der Waals surface area (Å²) in [5.41, 5.74) is -3.32. The van der Waals surface area contributed by atoms with Crippen molar-refractivity contribution < 1.29 is 44.7 Å². The van der Waals surface area contributed by atoms with Crippen LogP contribution in [0.5, 0.6) is 5.75 Å². The van der Waals surface area contributed by atoms with Crippen LogP contribution in [0.15, 0.2) is 53.3 Å². The van der Waals surface area contributed by atoms with Crippen molar-refractivity contribution in [3.05, 3.63) is 71.1 Å². The number of amides is 1. The molecule has 1 aliphatic rings. The molecule has 1 aliphatic heterocycles. The molecule has 5 nitrogen and oxygen atoms in total. The van der Waals surface area contributed by atoms with E-state index in [4.69, 9.17) is 4.74 Å². The smallest absolute Gasteiger partial charge is 0.419 e. The molecule has 0 aliphatic carbocycles. The topological polar surface area (TPSA) is 53.9 Å². The van der Waals surface area contributed by atoms with Gasteiger partial charge < -0.3 is 10.1 Å². The normalized spacial score (nSPS) is 14.5. The highest BCUT2D eigenvalue weighted by Gasteiger charge is 2.35. The largest absolute Gasteiger partial charge is 0.441 e. The highest BCUT2D eigenvalue weighted by molar-refractivity contribution is 6.05. The number of carbonyl (C=O) groups is 1. The molecule has 0 unspecified atom stereocenters. The quantitative estimate of drug-likeness (QED) is 0.588. The molecule has 0 bridgehead atoms. The van der Waals surface area contributed by atoms with E-state index in [9.17, 15) is 39.9 Å². The van der Waals surface area contributed by atoms with Crippen LogP contribution in [0, 0.1) is 11.6 Å². The second-order valence-corrected chi connectivity index (χ2v) is 6.67. The van der Waals surface area contributed by atoms with E-state index in [1.165, 1.54) is 0 Å². The summed E-state index contributed by atoms with van der Waals surface area (Å²) < 4.78 is 110. The Morgan fingerprint density at radius 1 is 0.970 bits per heavy atom. The van der Waals surface area contributed by atoms with Crippen LogP contribution in [0.3, 0.4) is 0 Å². The summed E-state index contributed by atoms with van der Waals surface area (Å²) in [6.45, 7) is 0.733. The number of benzene rings is 2. The lowest BCUT2D eigenvalue weighted by Crippen LogP contribution is -2.35. The van der Waals surface area contributed by atoms with E-state index in [2.05, 4.69) is 10.3 Å². The van der Waals surface area contributed by atoms with Gasteiger partial charge in [-0.3, -0.25) is 9.69 Å². The fraction of sp³-hybridized carbons (Fsp3) is 0.200. The van der Waals surface area contributed by atoms with Gasteiger partial charge in [0.25, 0.3) is 0 Å². The Morgan fingerprint density at radius 2 is 1.55 bits per heavy atom. The molecule has 1 heterocycles. The molecule has 0 spiro atoms. The molecule has 0 aromatic heterocycles. The Labute approximate surface area is 181 Å². The first kappa shape index (κ1) is 24.0. The predicted octanol–water partition coefficient (Wildman–Crippen LogP) is 5.55. The van der Waals surface area contributed by atoms with Crippen LogP contribution >= 0.6 is 0 Å². The number of nitrogens with zero attached hydrogens (tertiary/aromatic N) is 2. The van der Waals surface area contributed by atoms with Gasteiger partial charge in [0, 0.05) is 18.7 Å². The van der Waals surface area contributed by atoms with Crippen LogP contribution in [0.4, 0.5) is 40.8 Å². The van der Waals surface area contributed by atoms with Gasteiger partial charge in [0.2, 0.25) is 11.8 Å². The maximum absolute atomic E-state index is 13.5. The number of ether oxygens (including phenoxy) is 1. The Kier molecular flexibility index (Phi) is 6.34. The maximum atomic E-state index is 13.5. The van der Waals surface area contributed by atoms with Crippen LogP contribution in [0.25, 0.3) is 0 Å². The van der Waals surface area contributed by atoms with E-state index >= 15 is 0 Å². The molecule has 1 amide bonds. The fourth-order valence-corrected chi connectivity index (χ4v) is 2.75. The minimum absolute atomic E-state index is 0.125. The third kappa shape index (κ3) is 5.59. The van der Waals surface area contributed by atoms with Crippen molar-refractivity contribution in [1.82, 2.24) is 4.90 Å². The van der Waals surface area contributed by atoms with Crippen LogP contribution in [-0.4, -0.2) is 23.3 Å². The first-order chi connectivity index (χ1) is 15.3. The molecule has 2 aromatic rings. The molecule has 0 radical (unpaired) electrons. The van der Waals surface area contributed by atoms with Gasteiger partial charge >= 0.3 is 12.4 Å². The lowest BCUT2D eigenvalue weighted by atomic mass is 10.1. The van der Waals surface area contributed by atoms with Gasteiger partial charge in [-0.25, -0.2) is 13.8 Å². The summed E-state index contributed by atoms with van der Waals surface area (Å²) in [5, 5.41) is 2.49. The zero-order chi connectivity index (χ0) is 24.6. The van der Waals surface area contributed by atoms with E-state index in [1.54, 1.807) is 0 Å². The molecule has 1 N–H and O–H groups in total. The summed E-state index contributed by atoms with van der Waals surface area (Å²) in [6, 6.07) is 3.92. The van der Waals surface area contributed by atoms with E-state index in [0.29, 0.717) is 24.3 Å². The van der Waals surface area contributed by atoms with Gasteiger partial charge in [0.05, 0.1) is 11.1 Å². The van der Waals surface area contributed by atoms with Crippen LogP contribution < -0.4 is 10.1 Å². The number of anilines is 1. The van der Waals surface area contributed by atoms with E-state index in [0.717, 1.165) is 30.0 Å². The fourth-order valence-electron chi connectivity index (χ4n) is 2.75. The lowest BCUT2D eigenvalue weighted by molar-refractivity contribution is -0.140. The second kappa shape index (κ2) is 8.71. The van der Waals surface area contributed by atoms with Crippen LogP contribution in [0.1, 0.15) is 18.1 Å². The first-order valence-corrected chi connectivity index (χ1v) is 8.98. The monoisotopic (exact) mass is 479 g/mol. The molecule has 33 heavy (non-hydrogen) atoms. The molecular weight excluding hydrogens is 466 g/mol. The summed E-state index contributed by atoms with van der Waals surface area (Å²) in [6.07, 6.45) is -8.92. The number of nitrogens with one attached hydrogen (secondary N) is 1. The highest BCUT2D eigenvalue weighted by atomic mass is 19.4. The molecule has 176 valence electrons. The van der Waals surface area contributed by atoms with Crippen molar-refractivity contribution in [3.63, 3.8) is 0 Å². The zero-order valence-corrected chi connectivity index (χ0v) is 16.5. The Balaban J connectivity index is 1.90. The number of rotatable bonds is 3. The van der Waals surface area contributed by atoms with Gasteiger partial charge in [0.1, 0.15) is 29.9 Å². The molecule has 3 rings (SSSR count). The summed E-state index contributed by atoms with van der Waals surface area (Å²) in [4.78, 5) is 16.7. The zero-order valence-electron chi connectivity index (χ0n) is 16.5. The van der Waals surface area contributed by atoms with Gasteiger partial charge in [-0.15, -0.1) is 0 Å². The lowest BCUT2D eigenvalue weighted by Gasteiger charge is -2.26. The first-order valence-electron chi connectivity index (χ1n) is 8.98. The minimum Gasteiger partial charge on any atom is -0.441 e. The molecule has 0 fully saturated rings. The highest BCUT2D eigenvalue weighted by Crippen LogP contribution is 2.35. The van der Waals surface area contributed by atoms with Crippen molar-refractivity contribution in [2.45, 2.75) is 19.3 Å². The average molecular weight is 479 g/mol. The van der Waals surface area contributed by atoms with Crippen molar-refractivity contribution in [3.8, 4) is 5.75 Å². The number of hydrogen-bond acceptors (Lipinski definition) is 4. The summed E-state index contributed by atoms with van der Waals surface area (Å²) >= 11 is 0. The van der Waals surface area contributed by atoms with Crippen LogP contribution in [-0.2, 0) is 17.1 Å². The van der Waals surface area contributed by atoms with E-state index in [1.807, 2.05) is 0 Å². The van der Waals surface area contributed by atoms with E-state index < -0.39 is 46.8 Å². The average Bonchev–Trinajstić information content (AvgIpc) is 2.69. The molecular formula is C20H13F8N3O2. The van der Waals surface area contributed by atoms with Gasteiger partial charge in [-0.2, -0.15) is 26.3 Å². The van der Waals surface area contributed by atoms with Crippen molar-refractivity contribution >= 4 is 17.4 Å². The van der Waals surface area contributed by atoms with Crippen molar-refractivity contribution in [1.29, 1.82) is 0 Å². The standard InChI is InChI=1S/C20H13F8N3O2/c1-10(32)31-9-29-17(30-11-2-4-15(21)13(6-11)19(23,24)25)8-18(31)33-12-3-5-16(22)14(7-12)20(26,27)28/h2-8H,9H2,1H3,(H,29,30). The van der Waals surface area contributed by atoms with Crippen molar-refractivity contribution in [2.75, 3.05) is 12.0 Å². The Morgan fingerprint density at radius 3 is 2.12 bits per heavy atom. The Hall–Kier alpha value is -3.64. The van der Waals surface area contributed by atoms with Gasteiger partial charge in [-0.1, -0.05) is 0 Å². The summed E-state index contributed by atoms with van der Waals surface area (Å²) in [7, 11) is 0. The summed E-state index contributed by atoms with van der Waals surface area (Å²) in [5.74, 6) is -4.53. The van der Waals surface area contributed by atoms with Crippen molar-refractivity contribution in [2.24, 2.45) is 4.99 Å². The number of aliphatic imine (C=N–C) groups is 1. The predicted molar refractivity (Wildman–Crippen MR) is 100.0 cm³/mol. The number of amidine groups is 1. The number of hydrogen-bond donors (Lipinski definition) is 1. The van der Waals surface area contributed by atoms with E-state index in [-0.39, 0.29) is 24.1 Å². The molecule has 13 heteroatoms. The number of carbonyl (C=O) groups excluding carboxylic acids is 1. The van der Waals surface area contributed by atoms with Gasteiger partial charge in [-0.05, 0) is 36.4 Å². The third-order valence-electron chi connectivity index (χ3n) is 4.30. The Bertz CT molecular complexity index is 1140. The maximum Gasteiger partial charge on any atom is 0.419 e. The SMILES string of the molecule is CC(=O)N1CN=C(Nc2ccc(F)c(C(F)(F)F)c2)C=C1Oc1ccc(F)c(C(F)(F)F)c1. The molecule has 0 saturated carbocycles. The minimum atomic E-state index is -5.00. The number of halogens is 8. The molecule has 0 atom stereocenters. The molecule has 0 saturated heterocycles. The number of alkyl halides is 6. The molecule has 2 aromatic carbocycles.